The quantitative estimate of drug-likeness (QED) is 0.706. The van der Waals surface area contributed by atoms with Crippen LogP contribution in [-0.2, 0) is 6.54 Å². The van der Waals surface area contributed by atoms with Gasteiger partial charge in [-0.15, -0.1) is 0 Å². The van der Waals surface area contributed by atoms with E-state index in [0.29, 0.717) is 0 Å². The topological polar surface area (TPSA) is 31.9 Å². The third kappa shape index (κ3) is 2.35. The van der Waals surface area contributed by atoms with E-state index in [4.69, 9.17) is 0 Å². The largest absolute Gasteiger partial charge is 0.348 e. The Morgan fingerprint density at radius 1 is 1.45 bits per heavy atom. The highest BCUT2D eigenvalue weighted by Gasteiger charge is 2.00. The smallest absolute Gasteiger partial charge is 0.120 e. The summed E-state index contributed by atoms with van der Waals surface area (Å²) in [7, 11) is 0. The highest BCUT2D eigenvalue weighted by atomic mass is 15.1. The van der Waals surface area contributed by atoms with Crippen molar-refractivity contribution in [3.63, 3.8) is 0 Å². The molecule has 0 unspecified atom stereocenters. The molecule has 0 saturated heterocycles. The number of imidazole rings is 1. The van der Waals surface area contributed by atoms with Crippen molar-refractivity contribution in [1.82, 2.24) is 14.9 Å². The number of aromatic nitrogens is 2. The molecule has 0 fully saturated rings. The molecule has 1 heterocycles. The molecular weight excluding hydrogens is 138 g/mol. The number of H-pyrrole nitrogens is 1. The summed E-state index contributed by atoms with van der Waals surface area (Å²) in [6, 6.07) is 0. The monoisotopic (exact) mass is 153 g/mol. The summed E-state index contributed by atoms with van der Waals surface area (Å²) < 4.78 is 0. The summed E-state index contributed by atoms with van der Waals surface area (Å²) >= 11 is 0. The maximum absolute atomic E-state index is 4.15. The Hall–Kier alpha value is -0.830. The van der Waals surface area contributed by atoms with Gasteiger partial charge in [0.05, 0.1) is 6.54 Å². The number of rotatable bonds is 4. The van der Waals surface area contributed by atoms with E-state index in [9.17, 15) is 0 Å². The van der Waals surface area contributed by atoms with Crippen LogP contribution in [0.15, 0.2) is 12.4 Å². The standard InChI is InChI=1S/C8H15N3/c1-3-11(4-2)7-8-9-5-6-10-8/h5-6H,3-4,7H2,1-2H3,(H,9,10). The van der Waals surface area contributed by atoms with Gasteiger partial charge in [-0.3, -0.25) is 4.90 Å². The Kier molecular flexibility index (Phi) is 3.11. The molecule has 3 heteroatoms. The number of nitrogens with zero attached hydrogens (tertiary/aromatic N) is 2. The highest BCUT2D eigenvalue weighted by molar-refractivity contribution is 4.86. The first-order valence-corrected chi connectivity index (χ1v) is 4.07. The molecule has 1 rings (SSSR count). The number of nitrogens with one attached hydrogen (secondary N) is 1. The van der Waals surface area contributed by atoms with Gasteiger partial charge >= 0.3 is 0 Å². The predicted octanol–water partition coefficient (Wildman–Crippen LogP) is 1.25. The van der Waals surface area contributed by atoms with Crippen LogP contribution in [0.3, 0.4) is 0 Å². The summed E-state index contributed by atoms with van der Waals surface area (Å²) in [5, 5.41) is 0. The van der Waals surface area contributed by atoms with Gasteiger partial charge in [0.1, 0.15) is 5.82 Å². The molecule has 1 aromatic heterocycles. The molecule has 0 amide bonds. The van der Waals surface area contributed by atoms with Gasteiger partial charge in [-0.25, -0.2) is 4.98 Å². The van der Waals surface area contributed by atoms with Gasteiger partial charge in [0.25, 0.3) is 0 Å². The first-order chi connectivity index (χ1) is 5.36. The number of hydrogen-bond donors (Lipinski definition) is 1. The van der Waals surface area contributed by atoms with E-state index >= 15 is 0 Å². The Morgan fingerprint density at radius 2 is 2.18 bits per heavy atom. The van der Waals surface area contributed by atoms with Crippen molar-refractivity contribution < 1.29 is 0 Å². The summed E-state index contributed by atoms with van der Waals surface area (Å²) in [4.78, 5) is 9.56. The lowest BCUT2D eigenvalue weighted by Gasteiger charge is -2.15. The van der Waals surface area contributed by atoms with Gasteiger partial charge in [-0.05, 0) is 13.1 Å². The van der Waals surface area contributed by atoms with Crippen LogP contribution in [0.5, 0.6) is 0 Å². The van der Waals surface area contributed by atoms with Crippen molar-refractivity contribution >= 4 is 0 Å². The molecule has 62 valence electrons. The average Bonchev–Trinajstić information content (AvgIpc) is 2.52. The molecule has 1 N–H and O–H groups in total. The van der Waals surface area contributed by atoms with Gasteiger partial charge in [-0.2, -0.15) is 0 Å². The summed E-state index contributed by atoms with van der Waals surface area (Å²) in [5.41, 5.74) is 0. The second kappa shape index (κ2) is 4.13. The molecule has 0 aromatic carbocycles. The normalized spacial score (nSPS) is 10.8. The highest BCUT2D eigenvalue weighted by Crippen LogP contribution is 1.96. The molecule has 0 aliphatic carbocycles. The van der Waals surface area contributed by atoms with E-state index in [2.05, 4.69) is 28.7 Å². The number of aromatic amines is 1. The number of hydrogen-bond acceptors (Lipinski definition) is 2. The third-order valence-electron chi connectivity index (χ3n) is 1.82. The molecule has 0 aliphatic heterocycles. The van der Waals surface area contributed by atoms with E-state index in [1.54, 1.807) is 6.20 Å². The summed E-state index contributed by atoms with van der Waals surface area (Å²) in [5.74, 6) is 1.05. The van der Waals surface area contributed by atoms with Gasteiger partial charge in [0, 0.05) is 12.4 Å². The van der Waals surface area contributed by atoms with Crippen LogP contribution in [0.4, 0.5) is 0 Å². The van der Waals surface area contributed by atoms with Crippen molar-refractivity contribution in [3.05, 3.63) is 18.2 Å². The molecule has 1 aromatic rings. The van der Waals surface area contributed by atoms with Crippen LogP contribution in [-0.4, -0.2) is 28.0 Å². The Morgan fingerprint density at radius 3 is 2.64 bits per heavy atom. The van der Waals surface area contributed by atoms with E-state index in [1.807, 2.05) is 6.20 Å². The fourth-order valence-electron chi connectivity index (χ4n) is 1.04. The molecular formula is C8H15N3. The van der Waals surface area contributed by atoms with Gasteiger partial charge in [-0.1, -0.05) is 13.8 Å². The zero-order valence-electron chi connectivity index (χ0n) is 7.17. The van der Waals surface area contributed by atoms with Crippen LogP contribution in [0.2, 0.25) is 0 Å². The summed E-state index contributed by atoms with van der Waals surface area (Å²) in [6.07, 6.45) is 3.65. The summed E-state index contributed by atoms with van der Waals surface area (Å²) in [6.45, 7) is 7.41. The molecule has 0 atom stereocenters. The first kappa shape index (κ1) is 8.27. The molecule has 0 spiro atoms. The molecule has 0 saturated carbocycles. The second-order valence-corrected chi connectivity index (χ2v) is 2.50. The molecule has 0 bridgehead atoms. The van der Waals surface area contributed by atoms with Crippen LogP contribution in [0.25, 0.3) is 0 Å². The van der Waals surface area contributed by atoms with Crippen molar-refractivity contribution in [2.24, 2.45) is 0 Å². The minimum Gasteiger partial charge on any atom is -0.348 e. The molecule has 0 aliphatic rings. The van der Waals surface area contributed by atoms with Crippen molar-refractivity contribution in [2.45, 2.75) is 20.4 Å². The van der Waals surface area contributed by atoms with E-state index in [1.165, 1.54) is 0 Å². The second-order valence-electron chi connectivity index (χ2n) is 2.50. The maximum Gasteiger partial charge on any atom is 0.120 e. The van der Waals surface area contributed by atoms with Crippen LogP contribution in [0, 0.1) is 0 Å². The fraction of sp³-hybridized carbons (Fsp3) is 0.625. The van der Waals surface area contributed by atoms with Crippen LogP contribution in [0.1, 0.15) is 19.7 Å². The SMILES string of the molecule is CCN(CC)Cc1ncc[nH]1. The van der Waals surface area contributed by atoms with E-state index in [-0.39, 0.29) is 0 Å². The van der Waals surface area contributed by atoms with Gasteiger partial charge < -0.3 is 4.98 Å². The van der Waals surface area contributed by atoms with E-state index < -0.39 is 0 Å². The van der Waals surface area contributed by atoms with Crippen molar-refractivity contribution in [2.75, 3.05) is 13.1 Å². The lowest BCUT2D eigenvalue weighted by molar-refractivity contribution is 0.289. The zero-order valence-corrected chi connectivity index (χ0v) is 7.17. The van der Waals surface area contributed by atoms with E-state index in [0.717, 1.165) is 25.5 Å². The molecule has 11 heavy (non-hydrogen) atoms. The molecule has 0 radical (unpaired) electrons. The lowest BCUT2D eigenvalue weighted by atomic mass is 10.4. The minimum atomic E-state index is 0.931. The average molecular weight is 153 g/mol. The third-order valence-corrected chi connectivity index (χ3v) is 1.82. The predicted molar refractivity (Wildman–Crippen MR) is 45.2 cm³/mol. The minimum absolute atomic E-state index is 0.931. The lowest BCUT2D eigenvalue weighted by Crippen LogP contribution is -2.22. The Labute approximate surface area is 67.4 Å². The van der Waals surface area contributed by atoms with Gasteiger partial charge in [0.15, 0.2) is 0 Å². The molecule has 3 nitrogen and oxygen atoms in total. The van der Waals surface area contributed by atoms with Gasteiger partial charge in [0.2, 0.25) is 0 Å². The van der Waals surface area contributed by atoms with Crippen molar-refractivity contribution in [3.8, 4) is 0 Å². The van der Waals surface area contributed by atoms with Crippen LogP contribution >= 0.6 is 0 Å². The Balaban J connectivity index is 2.41. The first-order valence-electron chi connectivity index (χ1n) is 4.07. The Bertz CT molecular complexity index is 177. The fourth-order valence-corrected chi connectivity index (χ4v) is 1.04. The zero-order chi connectivity index (χ0) is 8.10. The van der Waals surface area contributed by atoms with Crippen LogP contribution < -0.4 is 0 Å². The van der Waals surface area contributed by atoms with Crippen molar-refractivity contribution in [1.29, 1.82) is 0 Å². The maximum atomic E-state index is 4.15.